The number of nitrogens with zero attached hydrogens (tertiary/aromatic N) is 2. The van der Waals surface area contributed by atoms with Crippen molar-refractivity contribution in [3.05, 3.63) is 58.1 Å². The molecule has 0 spiro atoms. The summed E-state index contributed by atoms with van der Waals surface area (Å²) in [7, 11) is 1.17. The molecule has 0 radical (unpaired) electrons. The molecule has 1 N–H and O–H groups in total. The number of benzene rings is 2. The molecule has 0 aliphatic heterocycles. The van der Waals surface area contributed by atoms with Gasteiger partial charge in [-0.05, 0) is 36.9 Å². The highest BCUT2D eigenvalue weighted by atomic mass is 35.5. The summed E-state index contributed by atoms with van der Waals surface area (Å²) < 4.78 is 25.6. The summed E-state index contributed by atoms with van der Waals surface area (Å²) in [6, 6.07) is 11.8. The second-order valence-electron chi connectivity index (χ2n) is 6.56. The number of hydrogen-bond donors (Lipinski definition) is 1. The highest BCUT2D eigenvalue weighted by molar-refractivity contribution is 7.89. The van der Waals surface area contributed by atoms with Gasteiger partial charge in [-0.3, -0.25) is 4.79 Å². The topological polar surface area (TPSA) is 69.7 Å². The minimum Gasteiger partial charge on any atom is -0.325 e. The molecule has 0 aromatic heterocycles. The zero-order valence-electron chi connectivity index (χ0n) is 15.9. The van der Waals surface area contributed by atoms with Crippen molar-refractivity contribution in [1.82, 2.24) is 9.21 Å². The first-order chi connectivity index (χ1) is 13.1. The van der Waals surface area contributed by atoms with Gasteiger partial charge in [-0.2, -0.15) is 0 Å². The minimum atomic E-state index is -3.61. The van der Waals surface area contributed by atoms with Crippen molar-refractivity contribution < 1.29 is 13.2 Å². The lowest BCUT2D eigenvalue weighted by Gasteiger charge is -2.17. The van der Waals surface area contributed by atoms with Crippen LogP contribution in [0.25, 0.3) is 0 Å². The fourth-order valence-corrected chi connectivity index (χ4v) is 3.76. The van der Waals surface area contributed by atoms with Gasteiger partial charge in [-0.25, -0.2) is 12.7 Å². The average molecular weight is 444 g/mol. The number of amides is 1. The molecule has 2 aromatic rings. The first kappa shape index (κ1) is 22.6. The number of halogens is 2. The smallest absolute Gasteiger partial charge is 0.242 e. The van der Waals surface area contributed by atoms with Gasteiger partial charge in [0.1, 0.15) is 0 Å². The quantitative estimate of drug-likeness (QED) is 0.674. The highest BCUT2D eigenvalue weighted by Gasteiger charge is 2.19. The maximum Gasteiger partial charge on any atom is 0.242 e. The van der Waals surface area contributed by atoms with E-state index in [9.17, 15) is 13.2 Å². The maximum atomic E-state index is 12.3. The summed E-state index contributed by atoms with van der Waals surface area (Å²) in [5.74, 6) is -0.257. The SMILES string of the molecule is CN(CCC(=O)Nc1cc(S(=O)(=O)N(C)C)ccc1Cl)Cc1ccccc1Cl. The Balaban J connectivity index is 1.98. The number of carbonyl (C=O) groups is 1. The van der Waals surface area contributed by atoms with Crippen LogP contribution in [-0.4, -0.2) is 51.2 Å². The van der Waals surface area contributed by atoms with Gasteiger partial charge < -0.3 is 10.2 Å². The normalized spacial score (nSPS) is 11.8. The number of anilines is 1. The van der Waals surface area contributed by atoms with E-state index in [2.05, 4.69) is 5.32 Å². The van der Waals surface area contributed by atoms with Crippen LogP contribution in [0.3, 0.4) is 0 Å². The fourth-order valence-electron chi connectivity index (χ4n) is 2.47. The Morgan fingerprint density at radius 2 is 1.71 bits per heavy atom. The Bertz CT molecular complexity index is 949. The van der Waals surface area contributed by atoms with Crippen LogP contribution >= 0.6 is 23.2 Å². The predicted octanol–water partition coefficient (Wildman–Crippen LogP) is 3.70. The van der Waals surface area contributed by atoms with Crippen molar-refractivity contribution in [1.29, 1.82) is 0 Å². The standard InChI is InChI=1S/C19H23Cl2N3O3S/c1-23(2)28(26,27)15-8-9-17(21)18(12-15)22-19(25)10-11-24(3)13-14-6-4-5-7-16(14)20/h4-9,12H,10-11,13H2,1-3H3,(H,22,25). The number of sulfonamides is 1. The van der Waals surface area contributed by atoms with Crippen LogP contribution in [0, 0.1) is 0 Å². The van der Waals surface area contributed by atoms with Gasteiger partial charge in [0.15, 0.2) is 0 Å². The Kier molecular flexibility index (Phi) is 7.86. The fraction of sp³-hybridized carbons (Fsp3) is 0.316. The van der Waals surface area contributed by atoms with E-state index in [1.54, 1.807) is 0 Å². The first-order valence-corrected chi connectivity index (χ1v) is 10.7. The van der Waals surface area contributed by atoms with Gasteiger partial charge in [0.2, 0.25) is 15.9 Å². The number of hydrogen-bond acceptors (Lipinski definition) is 4. The lowest BCUT2D eigenvalue weighted by molar-refractivity contribution is -0.116. The molecule has 0 aliphatic rings. The van der Waals surface area contributed by atoms with E-state index >= 15 is 0 Å². The zero-order chi connectivity index (χ0) is 20.9. The van der Waals surface area contributed by atoms with Gasteiger partial charge in [0.05, 0.1) is 15.6 Å². The lowest BCUT2D eigenvalue weighted by Crippen LogP contribution is -2.24. The molecule has 6 nitrogen and oxygen atoms in total. The van der Waals surface area contributed by atoms with Crippen LogP contribution < -0.4 is 5.32 Å². The Labute approximate surface area is 176 Å². The van der Waals surface area contributed by atoms with Crippen molar-refractivity contribution >= 4 is 44.8 Å². The highest BCUT2D eigenvalue weighted by Crippen LogP contribution is 2.26. The molecular formula is C19H23Cl2N3O3S. The van der Waals surface area contributed by atoms with Crippen LogP contribution in [0.4, 0.5) is 5.69 Å². The second kappa shape index (κ2) is 9.71. The summed E-state index contributed by atoms with van der Waals surface area (Å²) >= 11 is 12.3. The van der Waals surface area contributed by atoms with E-state index in [0.717, 1.165) is 9.87 Å². The zero-order valence-corrected chi connectivity index (χ0v) is 18.3. The molecule has 1 amide bonds. The van der Waals surface area contributed by atoms with Crippen LogP contribution in [0.2, 0.25) is 10.0 Å². The molecule has 0 aliphatic carbocycles. The van der Waals surface area contributed by atoms with Crippen molar-refractivity contribution in [3.8, 4) is 0 Å². The molecule has 0 bridgehead atoms. The summed E-state index contributed by atoms with van der Waals surface area (Å²) in [5, 5.41) is 3.64. The minimum absolute atomic E-state index is 0.0630. The Hall–Kier alpha value is -1.64. The third-order valence-electron chi connectivity index (χ3n) is 4.11. The monoisotopic (exact) mass is 443 g/mol. The molecule has 0 atom stereocenters. The van der Waals surface area contributed by atoms with Crippen molar-refractivity contribution in [2.24, 2.45) is 0 Å². The summed E-state index contributed by atoms with van der Waals surface area (Å²) in [5.41, 5.74) is 1.25. The molecule has 28 heavy (non-hydrogen) atoms. The van der Waals surface area contributed by atoms with Crippen LogP contribution in [0.5, 0.6) is 0 Å². The van der Waals surface area contributed by atoms with Gasteiger partial charge in [-0.1, -0.05) is 41.4 Å². The van der Waals surface area contributed by atoms with Gasteiger partial charge in [0, 0.05) is 38.6 Å². The van der Waals surface area contributed by atoms with Gasteiger partial charge >= 0.3 is 0 Å². The number of nitrogens with one attached hydrogen (secondary N) is 1. The molecule has 0 fully saturated rings. The van der Waals surface area contributed by atoms with E-state index in [-0.39, 0.29) is 27.9 Å². The molecule has 9 heteroatoms. The largest absolute Gasteiger partial charge is 0.325 e. The Morgan fingerprint density at radius 3 is 2.36 bits per heavy atom. The molecule has 152 valence electrons. The third-order valence-corrected chi connectivity index (χ3v) is 6.62. The van der Waals surface area contributed by atoms with E-state index < -0.39 is 10.0 Å². The summed E-state index contributed by atoms with van der Waals surface area (Å²) in [4.78, 5) is 14.3. The van der Waals surface area contributed by atoms with E-state index in [1.165, 1.54) is 32.3 Å². The number of rotatable bonds is 8. The Morgan fingerprint density at radius 1 is 1.04 bits per heavy atom. The molecular weight excluding hydrogens is 421 g/mol. The molecule has 0 unspecified atom stereocenters. The van der Waals surface area contributed by atoms with Crippen LogP contribution in [-0.2, 0) is 21.4 Å². The maximum absolute atomic E-state index is 12.3. The molecule has 0 saturated heterocycles. The molecule has 0 saturated carbocycles. The lowest BCUT2D eigenvalue weighted by atomic mass is 10.2. The van der Waals surface area contributed by atoms with E-state index in [1.807, 2.05) is 36.2 Å². The van der Waals surface area contributed by atoms with Crippen LogP contribution in [0.1, 0.15) is 12.0 Å². The number of carbonyl (C=O) groups excluding carboxylic acids is 1. The molecule has 2 rings (SSSR count). The third kappa shape index (κ3) is 5.93. The average Bonchev–Trinajstić information content (AvgIpc) is 2.63. The molecule has 2 aromatic carbocycles. The second-order valence-corrected chi connectivity index (χ2v) is 9.52. The van der Waals surface area contributed by atoms with Crippen LogP contribution in [0.15, 0.2) is 47.4 Å². The first-order valence-electron chi connectivity index (χ1n) is 8.55. The van der Waals surface area contributed by atoms with Gasteiger partial charge in [-0.15, -0.1) is 0 Å². The van der Waals surface area contributed by atoms with E-state index in [0.29, 0.717) is 18.1 Å². The predicted molar refractivity (Wildman–Crippen MR) is 113 cm³/mol. The van der Waals surface area contributed by atoms with E-state index in [4.69, 9.17) is 23.2 Å². The van der Waals surface area contributed by atoms with Crippen molar-refractivity contribution in [2.75, 3.05) is 33.0 Å². The summed E-state index contributed by atoms with van der Waals surface area (Å²) in [6.07, 6.45) is 0.224. The summed E-state index contributed by atoms with van der Waals surface area (Å²) in [6.45, 7) is 1.12. The molecule has 0 heterocycles. The van der Waals surface area contributed by atoms with Crippen molar-refractivity contribution in [2.45, 2.75) is 17.9 Å². The van der Waals surface area contributed by atoms with Crippen molar-refractivity contribution in [3.63, 3.8) is 0 Å². The van der Waals surface area contributed by atoms with Gasteiger partial charge in [0.25, 0.3) is 0 Å².